The van der Waals surface area contributed by atoms with E-state index in [1.165, 1.54) is 34.4 Å². The van der Waals surface area contributed by atoms with Crippen LogP contribution in [0.5, 0.6) is 0 Å². The number of nitrogens with two attached hydrogens (primary N) is 2. The number of fused-ring (bicyclic) bond motifs is 2. The number of aliphatic hydroxyl groups excluding tert-OH is 4. The number of carbonyl (C=O) groups is 2. The number of unbranched alkanes of at least 4 members (excludes halogenated alkanes) is 6. The molecular formula is C32H50N12O9. The molecule has 2 aliphatic heterocycles. The van der Waals surface area contributed by atoms with Gasteiger partial charge in [-0.3, -0.25) is 18.7 Å². The van der Waals surface area contributed by atoms with Gasteiger partial charge in [0.2, 0.25) is 0 Å². The van der Waals surface area contributed by atoms with Gasteiger partial charge in [0.15, 0.2) is 47.6 Å². The second kappa shape index (κ2) is 18.9. The quantitative estimate of drug-likeness (QED) is 0.0690. The number of nitrogens with one attached hydrogen (secondary N) is 2. The Morgan fingerprint density at radius 2 is 1.04 bits per heavy atom. The summed E-state index contributed by atoms with van der Waals surface area (Å²) in [6.45, 7) is 5.23. The van der Waals surface area contributed by atoms with E-state index in [0.717, 1.165) is 51.4 Å². The number of hydrogen-bond donors (Lipinski definition) is 8. The first-order valence-corrected chi connectivity index (χ1v) is 17.5. The number of ether oxygens (including phenoxy) is 2. The molecule has 2 fully saturated rings. The summed E-state index contributed by atoms with van der Waals surface area (Å²) in [6.07, 6.45) is 3.87. The van der Waals surface area contributed by atoms with Crippen LogP contribution in [0.2, 0.25) is 0 Å². The SMILES string of the molecule is CCCCCCNC(=O)[C@H]1OC(n2cnc3c(N)ncnc32)[C@H](O)[C@@H]1O.CCCCCCNC(=O)[C@H]1OC(n2cnc3c(N)ncnc32)[C@H](O)[C@@H]1O.O. The summed E-state index contributed by atoms with van der Waals surface area (Å²) in [4.78, 5) is 48.7. The molecule has 12 N–H and O–H groups in total. The zero-order valence-corrected chi connectivity index (χ0v) is 29.7. The lowest BCUT2D eigenvalue weighted by atomic mass is 10.1. The molecule has 0 aromatic carbocycles. The first-order valence-electron chi connectivity index (χ1n) is 17.5. The van der Waals surface area contributed by atoms with Gasteiger partial charge in [-0.15, -0.1) is 0 Å². The van der Waals surface area contributed by atoms with Crippen LogP contribution in [0.4, 0.5) is 11.6 Å². The Kier molecular flexibility index (Phi) is 14.7. The van der Waals surface area contributed by atoms with E-state index < -0.39 is 60.9 Å². The number of rotatable bonds is 14. The van der Waals surface area contributed by atoms with Gasteiger partial charge in [-0.05, 0) is 12.8 Å². The molecule has 21 nitrogen and oxygen atoms in total. The van der Waals surface area contributed by atoms with Gasteiger partial charge in [0, 0.05) is 13.1 Å². The van der Waals surface area contributed by atoms with Gasteiger partial charge >= 0.3 is 0 Å². The summed E-state index contributed by atoms with van der Waals surface area (Å²) in [5, 5.41) is 46.6. The van der Waals surface area contributed by atoms with Gasteiger partial charge in [-0.1, -0.05) is 52.4 Å². The van der Waals surface area contributed by atoms with E-state index in [1.807, 2.05) is 0 Å². The van der Waals surface area contributed by atoms with E-state index in [9.17, 15) is 30.0 Å². The van der Waals surface area contributed by atoms with Crippen LogP contribution in [0.3, 0.4) is 0 Å². The Morgan fingerprint density at radius 1 is 0.642 bits per heavy atom. The van der Waals surface area contributed by atoms with Gasteiger partial charge in [0.25, 0.3) is 11.8 Å². The Bertz CT molecular complexity index is 1660. The number of aromatic nitrogens is 8. The molecule has 6 heterocycles. The van der Waals surface area contributed by atoms with Crippen molar-refractivity contribution in [1.29, 1.82) is 0 Å². The van der Waals surface area contributed by atoms with E-state index in [-0.39, 0.29) is 17.1 Å². The number of hydrogen-bond acceptors (Lipinski definition) is 16. The van der Waals surface area contributed by atoms with Crippen LogP contribution in [0.1, 0.15) is 77.7 Å². The Balaban J connectivity index is 0.000000232. The maximum absolute atomic E-state index is 12.3. The van der Waals surface area contributed by atoms with Crippen molar-refractivity contribution in [2.24, 2.45) is 0 Å². The molecule has 8 atom stereocenters. The molecule has 4 aromatic heterocycles. The highest BCUT2D eigenvalue weighted by Crippen LogP contribution is 2.33. The molecule has 21 heteroatoms. The number of nitrogens with zero attached hydrogens (tertiary/aromatic N) is 8. The van der Waals surface area contributed by atoms with Crippen LogP contribution in [0.15, 0.2) is 25.3 Å². The summed E-state index contributed by atoms with van der Waals surface area (Å²) in [6, 6.07) is 0. The van der Waals surface area contributed by atoms with Crippen LogP contribution in [0, 0.1) is 0 Å². The largest absolute Gasteiger partial charge is 0.412 e. The zero-order chi connectivity index (χ0) is 37.4. The second-order valence-electron chi connectivity index (χ2n) is 12.7. The first kappa shape index (κ1) is 41.1. The standard InChI is InChI=1S/2C16H24N6O4.H2O/c2*1-2-3-4-5-6-18-15(25)12-10(23)11(24)16(26-12)22-8-21-9-13(17)19-7-20-14(9)22;/h2*7-8,10-12,16,23-24H,2-6H2,1H3,(H,18,25)(H2,17,19,20);1H2/t2*10-,11+,12-,16?;/m00./s1. The normalized spacial score (nSPS) is 25.2. The molecule has 0 spiro atoms. The van der Waals surface area contributed by atoms with Crippen molar-refractivity contribution in [1.82, 2.24) is 49.7 Å². The first-order chi connectivity index (χ1) is 25.1. The minimum absolute atomic E-state index is 0. The Morgan fingerprint density at radius 3 is 1.42 bits per heavy atom. The van der Waals surface area contributed by atoms with Gasteiger partial charge in [0.1, 0.15) is 48.1 Å². The van der Waals surface area contributed by atoms with Crippen molar-refractivity contribution < 1.29 is 45.0 Å². The average molecular weight is 747 g/mol. The maximum atomic E-state index is 12.3. The predicted octanol–water partition coefficient (Wildman–Crippen LogP) is -1.38. The van der Waals surface area contributed by atoms with Crippen LogP contribution in [-0.2, 0) is 19.1 Å². The summed E-state index contributed by atoms with van der Waals surface area (Å²) in [7, 11) is 0. The number of aliphatic hydroxyl groups is 4. The average Bonchev–Trinajstić information content (AvgIpc) is 3.90. The number of amides is 2. The van der Waals surface area contributed by atoms with Crippen LogP contribution < -0.4 is 22.1 Å². The van der Waals surface area contributed by atoms with Crippen molar-refractivity contribution in [2.45, 2.75) is 114 Å². The summed E-state index contributed by atoms with van der Waals surface area (Å²) < 4.78 is 14.1. The highest BCUT2D eigenvalue weighted by atomic mass is 16.6. The molecule has 2 saturated heterocycles. The molecule has 53 heavy (non-hydrogen) atoms. The van der Waals surface area contributed by atoms with Gasteiger partial charge in [-0.25, -0.2) is 29.9 Å². The summed E-state index contributed by atoms with van der Waals surface area (Å²) >= 11 is 0. The molecule has 292 valence electrons. The van der Waals surface area contributed by atoms with Gasteiger partial charge in [-0.2, -0.15) is 0 Å². The van der Waals surface area contributed by atoms with E-state index in [1.54, 1.807) is 0 Å². The zero-order valence-electron chi connectivity index (χ0n) is 29.7. The highest BCUT2D eigenvalue weighted by molar-refractivity contribution is 5.84. The van der Waals surface area contributed by atoms with Crippen molar-refractivity contribution >= 4 is 45.8 Å². The van der Waals surface area contributed by atoms with Crippen molar-refractivity contribution in [2.75, 3.05) is 24.6 Å². The molecule has 2 unspecified atom stereocenters. The molecular weight excluding hydrogens is 696 g/mol. The molecule has 0 bridgehead atoms. The predicted molar refractivity (Wildman–Crippen MR) is 189 cm³/mol. The van der Waals surface area contributed by atoms with E-state index in [4.69, 9.17) is 20.9 Å². The third kappa shape index (κ3) is 9.12. The van der Waals surface area contributed by atoms with Crippen molar-refractivity contribution in [3.05, 3.63) is 25.3 Å². The number of imidazole rings is 2. The smallest absolute Gasteiger partial charge is 0.252 e. The fraction of sp³-hybridized carbons (Fsp3) is 0.625. The molecule has 2 amide bonds. The van der Waals surface area contributed by atoms with Crippen LogP contribution in [0.25, 0.3) is 22.3 Å². The molecule has 2 aliphatic rings. The summed E-state index contributed by atoms with van der Waals surface area (Å²) in [5.74, 6) is -0.505. The second-order valence-corrected chi connectivity index (χ2v) is 12.7. The number of nitrogen functional groups attached to an aromatic ring is 2. The third-order valence-electron chi connectivity index (χ3n) is 8.97. The lowest BCUT2D eigenvalue weighted by Gasteiger charge is -2.16. The fourth-order valence-electron chi connectivity index (χ4n) is 6.05. The van der Waals surface area contributed by atoms with Crippen molar-refractivity contribution in [3.63, 3.8) is 0 Å². The topological polar surface area (TPSA) is 328 Å². The minimum atomic E-state index is -1.35. The fourth-order valence-corrected chi connectivity index (χ4v) is 6.05. The third-order valence-corrected chi connectivity index (χ3v) is 8.97. The molecule has 6 rings (SSSR count). The highest BCUT2D eigenvalue weighted by Gasteiger charge is 2.49. The number of anilines is 2. The minimum Gasteiger partial charge on any atom is -0.412 e. The van der Waals surface area contributed by atoms with Crippen molar-refractivity contribution in [3.8, 4) is 0 Å². The summed E-state index contributed by atoms with van der Waals surface area (Å²) in [5.41, 5.74) is 12.9. The van der Waals surface area contributed by atoms with Crippen LogP contribution in [-0.4, -0.2) is 126 Å². The lowest BCUT2D eigenvalue weighted by Crippen LogP contribution is -2.43. The molecule has 0 aliphatic carbocycles. The Hall–Kier alpha value is -4.64. The maximum Gasteiger partial charge on any atom is 0.252 e. The van der Waals surface area contributed by atoms with E-state index >= 15 is 0 Å². The lowest BCUT2D eigenvalue weighted by molar-refractivity contribution is -0.138. The van der Waals surface area contributed by atoms with E-state index in [0.29, 0.717) is 35.4 Å². The van der Waals surface area contributed by atoms with Gasteiger partial charge < -0.3 is 57.5 Å². The molecule has 0 radical (unpaired) electrons. The number of carbonyl (C=O) groups excluding carboxylic acids is 2. The Labute approximate surface area is 304 Å². The molecule has 0 saturated carbocycles. The van der Waals surface area contributed by atoms with Gasteiger partial charge in [0.05, 0.1) is 12.7 Å². The molecule has 4 aromatic rings. The van der Waals surface area contributed by atoms with E-state index in [2.05, 4.69) is 54.4 Å². The van der Waals surface area contributed by atoms with Crippen LogP contribution >= 0.6 is 0 Å². The monoisotopic (exact) mass is 746 g/mol.